The molecule has 0 saturated heterocycles. The lowest BCUT2D eigenvalue weighted by Crippen LogP contribution is -2.33. The highest BCUT2D eigenvalue weighted by atomic mass is 32.2. The Morgan fingerprint density at radius 1 is 1.10 bits per heavy atom. The van der Waals surface area contributed by atoms with Crippen molar-refractivity contribution in [2.75, 3.05) is 64.6 Å². The van der Waals surface area contributed by atoms with E-state index in [4.69, 9.17) is 9.72 Å². The summed E-state index contributed by atoms with van der Waals surface area (Å²) in [5.41, 5.74) is 3.64. The Bertz CT molecular complexity index is 1470. The van der Waals surface area contributed by atoms with E-state index in [1.165, 1.54) is 6.07 Å². The van der Waals surface area contributed by atoms with Crippen LogP contribution in [0.25, 0.3) is 22.2 Å². The number of anilines is 3. The van der Waals surface area contributed by atoms with Gasteiger partial charge in [0.2, 0.25) is 5.95 Å². The van der Waals surface area contributed by atoms with Crippen molar-refractivity contribution in [3.8, 4) is 17.0 Å². The van der Waals surface area contributed by atoms with Gasteiger partial charge in [0.05, 0.1) is 28.9 Å². The molecule has 4 rings (SSSR count). The van der Waals surface area contributed by atoms with Gasteiger partial charge >= 0.3 is 0 Å². The first-order valence-electron chi connectivity index (χ1n) is 13.1. The second kappa shape index (κ2) is 13.0. The van der Waals surface area contributed by atoms with Gasteiger partial charge in [-0.1, -0.05) is 32.0 Å². The molecule has 0 fully saturated rings. The molecular formula is C28H36N8O3S. The molecule has 12 heteroatoms. The fourth-order valence-corrected chi connectivity index (χ4v) is 5.27. The van der Waals surface area contributed by atoms with Crippen molar-refractivity contribution in [3.05, 3.63) is 65.0 Å². The lowest BCUT2D eigenvalue weighted by atomic mass is 10.1. The van der Waals surface area contributed by atoms with E-state index in [1.54, 1.807) is 31.5 Å². The number of likely N-dealkylation sites (N-methyl/N-ethyl adjacent to an activating group) is 2. The van der Waals surface area contributed by atoms with E-state index < -0.39 is 0 Å². The van der Waals surface area contributed by atoms with E-state index in [0.29, 0.717) is 29.6 Å². The summed E-state index contributed by atoms with van der Waals surface area (Å²) in [6.45, 7) is 7.50. The van der Waals surface area contributed by atoms with Crippen molar-refractivity contribution in [3.63, 3.8) is 0 Å². The third-order valence-corrected chi connectivity index (χ3v) is 7.46. The summed E-state index contributed by atoms with van der Waals surface area (Å²) < 4.78 is 9.76. The molecule has 212 valence electrons. The number of nitro benzene ring substituents is 1. The van der Waals surface area contributed by atoms with Gasteiger partial charge in [0, 0.05) is 67.7 Å². The summed E-state index contributed by atoms with van der Waals surface area (Å²) in [5, 5.41) is 16.3. The van der Waals surface area contributed by atoms with Crippen LogP contribution in [0.1, 0.15) is 13.8 Å². The van der Waals surface area contributed by atoms with E-state index in [2.05, 4.69) is 51.4 Å². The average Bonchev–Trinajstić information content (AvgIpc) is 3.31. The largest absolute Gasteiger partial charge is 0.494 e. The minimum Gasteiger partial charge on any atom is -0.494 e. The quantitative estimate of drug-likeness (QED) is 0.127. The van der Waals surface area contributed by atoms with Crippen LogP contribution >= 0.6 is 12.1 Å². The highest BCUT2D eigenvalue weighted by Gasteiger charge is 2.23. The summed E-state index contributed by atoms with van der Waals surface area (Å²) in [6, 6.07) is 13.2. The van der Waals surface area contributed by atoms with Gasteiger partial charge in [-0.2, -0.15) is 0 Å². The number of aromatic nitrogens is 3. The van der Waals surface area contributed by atoms with Crippen molar-refractivity contribution in [2.24, 2.45) is 0 Å². The number of fused-ring (bicyclic) bond motifs is 1. The van der Waals surface area contributed by atoms with E-state index >= 15 is 0 Å². The zero-order valence-corrected chi connectivity index (χ0v) is 24.6. The van der Waals surface area contributed by atoms with Crippen LogP contribution in [0.2, 0.25) is 0 Å². The molecule has 0 bridgehead atoms. The number of ether oxygens (including phenoxy) is 1. The third-order valence-electron chi connectivity index (χ3n) is 6.66. The smallest absolute Gasteiger partial charge is 0.294 e. The molecule has 0 aliphatic heterocycles. The van der Waals surface area contributed by atoms with Gasteiger partial charge in [0.25, 0.3) is 5.69 Å². The number of para-hydroxylation sites is 1. The predicted octanol–water partition coefficient (Wildman–Crippen LogP) is 5.51. The molecule has 0 amide bonds. The minimum absolute atomic E-state index is 0.0229. The molecule has 4 aromatic rings. The van der Waals surface area contributed by atoms with Crippen molar-refractivity contribution in [2.45, 2.75) is 13.8 Å². The number of benzene rings is 2. The minimum atomic E-state index is -0.373. The van der Waals surface area contributed by atoms with Gasteiger partial charge in [0.1, 0.15) is 11.4 Å². The molecule has 0 unspecified atom stereocenters. The summed E-state index contributed by atoms with van der Waals surface area (Å²) >= 11 is 1.57. The van der Waals surface area contributed by atoms with Gasteiger partial charge in [-0.15, -0.1) is 0 Å². The molecule has 0 spiro atoms. The summed E-state index contributed by atoms with van der Waals surface area (Å²) in [6.07, 6.45) is 3.72. The number of methoxy groups -OCH3 is 1. The van der Waals surface area contributed by atoms with Crippen LogP contribution < -0.4 is 15.0 Å². The zero-order chi connectivity index (χ0) is 28.8. The number of hydrogen-bond donors (Lipinski definition) is 1. The predicted molar refractivity (Wildman–Crippen MR) is 164 cm³/mol. The maximum Gasteiger partial charge on any atom is 0.294 e. The van der Waals surface area contributed by atoms with Crippen LogP contribution in [-0.4, -0.2) is 82.5 Å². The van der Waals surface area contributed by atoms with E-state index in [9.17, 15) is 10.1 Å². The van der Waals surface area contributed by atoms with Crippen LogP contribution in [0.15, 0.2) is 54.9 Å². The SMILES string of the molecule is CCN(CC)CCN(C)c1cc(OC)c(Nc2nccc(-c3cn(SN(C)C)c4ccccc34)n2)cc1[N+](=O)[O-]. The Labute approximate surface area is 239 Å². The molecule has 2 aromatic carbocycles. The van der Waals surface area contributed by atoms with Gasteiger partial charge in [0.15, 0.2) is 0 Å². The van der Waals surface area contributed by atoms with E-state index in [0.717, 1.165) is 41.8 Å². The Hall–Kier alpha value is -3.87. The molecule has 0 atom stereocenters. The first kappa shape index (κ1) is 29.1. The van der Waals surface area contributed by atoms with Gasteiger partial charge < -0.3 is 19.9 Å². The van der Waals surface area contributed by atoms with Crippen LogP contribution in [-0.2, 0) is 0 Å². The molecule has 1 N–H and O–H groups in total. The Balaban J connectivity index is 1.67. The molecule has 2 heterocycles. The molecule has 0 radical (unpaired) electrons. The van der Waals surface area contributed by atoms with Crippen molar-refractivity contribution >= 4 is 46.0 Å². The van der Waals surface area contributed by atoms with Gasteiger partial charge in [-0.05, 0) is 39.3 Å². The molecule has 2 aromatic heterocycles. The first-order chi connectivity index (χ1) is 19.2. The lowest BCUT2D eigenvalue weighted by Gasteiger charge is -2.25. The Kier molecular flexibility index (Phi) is 9.46. The molecule has 0 aliphatic carbocycles. The highest BCUT2D eigenvalue weighted by molar-refractivity contribution is 7.95. The highest BCUT2D eigenvalue weighted by Crippen LogP contribution is 2.39. The van der Waals surface area contributed by atoms with Gasteiger partial charge in [-0.3, -0.25) is 14.1 Å². The summed E-state index contributed by atoms with van der Waals surface area (Å²) in [5.74, 6) is 0.771. The van der Waals surface area contributed by atoms with E-state index in [1.807, 2.05) is 48.5 Å². The molecule has 11 nitrogen and oxygen atoms in total. The fraction of sp³-hybridized carbons (Fsp3) is 0.357. The Morgan fingerprint density at radius 3 is 2.52 bits per heavy atom. The number of hydrogen-bond acceptors (Lipinski definition) is 10. The lowest BCUT2D eigenvalue weighted by molar-refractivity contribution is -0.384. The van der Waals surface area contributed by atoms with Crippen molar-refractivity contribution in [1.29, 1.82) is 0 Å². The third kappa shape index (κ3) is 6.46. The molecular weight excluding hydrogens is 528 g/mol. The number of nitrogens with zero attached hydrogens (tertiary/aromatic N) is 7. The second-order valence-corrected chi connectivity index (χ2v) is 10.7. The summed E-state index contributed by atoms with van der Waals surface area (Å²) in [4.78, 5) is 25.0. The van der Waals surface area contributed by atoms with Crippen molar-refractivity contribution < 1.29 is 9.66 Å². The zero-order valence-electron chi connectivity index (χ0n) is 23.8. The number of nitrogens with one attached hydrogen (secondary N) is 1. The summed E-state index contributed by atoms with van der Waals surface area (Å²) in [7, 11) is 7.38. The van der Waals surface area contributed by atoms with Crippen LogP contribution in [0.5, 0.6) is 5.75 Å². The van der Waals surface area contributed by atoms with Crippen LogP contribution in [0, 0.1) is 10.1 Å². The molecule has 40 heavy (non-hydrogen) atoms. The number of rotatable bonds is 13. The standard InChI is InChI=1S/C28H36N8O3S/c1-7-34(8-2)16-15-33(5)25-18-27(39-6)23(17-26(25)36(37)38)31-28-29-14-13-22(30-28)21-19-35(40-32(3)4)24-12-10-9-11-20(21)24/h9-14,17-19H,7-8,15-16H2,1-6H3,(H,29,30,31). The second-order valence-electron chi connectivity index (χ2n) is 9.42. The van der Waals surface area contributed by atoms with Crippen LogP contribution in [0.3, 0.4) is 0 Å². The van der Waals surface area contributed by atoms with Gasteiger partial charge in [-0.25, -0.2) is 14.3 Å². The maximum atomic E-state index is 12.1. The monoisotopic (exact) mass is 564 g/mol. The number of nitro groups is 1. The molecule has 0 saturated carbocycles. The van der Waals surface area contributed by atoms with E-state index in [-0.39, 0.29) is 10.6 Å². The normalized spacial score (nSPS) is 11.4. The topological polar surface area (TPSA) is 105 Å². The molecule has 0 aliphatic rings. The first-order valence-corrected chi connectivity index (χ1v) is 13.8. The van der Waals surface area contributed by atoms with Crippen molar-refractivity contribution in [1.82, 2.24) is 23.1 Å². The fourth-order valence-electron chi connectivity index (χ4n) is 4.51. The van der Waals surface area contributed by atoms with Crippen LogP contribution in [0.4, 0.5) is 23.0 Å². The Morgan fingerprint density at radius 2 is 1.85 bits per heavy atom. The average molecular weight is 565 g/mol. The maximum absolute atomic E-state index is 12.1.